The largest absolute Gasteiger partial charge is 0.490 e. The first-order valence-corrected chi connectivity index (χ1v) is 13.4. The van der Waals surface area contributed by atoms with Crippen molar-refractivity contribution < 1.29 is 61.4 Å². The maximum Gasteiger partial charge on any atom is 0.490 e. The van der Waals surface area contributed by atoms with Gasteiger partial charge < -0.3 is 40.3 Å². The Hall–Kier alpha value is -1.51. The van der Waals surface area contributed by atoms with Crippen molar-refractivity contribution in [2.75, 3.05) is 12.3 Å². The van der Waals surface area contributed by atoms with E-state index >= 15 is 0 Å². The Morgan fingerprint density at radius 2 is 1.91 bits per heavy atom. The molecule has 2 unspecified atom stereocenters. The zero-order valence-corrected chi connectivity index (χ0v) is 19.7. The van der Waals surface area contributed by atoms with Crippen LogP contribution in [-0.2, 0) is 31.6 Å². The second kappa shape index (κ2) is 9.17. The first kappa shape index (κ1) is 27.1. The summed E-state index contributed by atoms with van der Waals surface area (Å²) in [6.07, 6.45) is 1.27. The van der Waals surface area contributed by atoms with E-state index in [2.05, 4.69) is 28.2 Å². The molecule has 1 fully saturated rings. The number of rotatable bonds is 8. The van der Waals surface area contributed by atoms with Crippen LogP contribution in [0.2, 0.25) is 5.28 Å². The van der Waals surface area contributed by atoms with E-state index in [0.717, 1.165) is 10.7 Å². The number of nitrogens with zero attached hydrogens (tertiary/aromatic N) is 4. The molecule has 0 saturated carbocycles. The van der Waals surface area contributed by atoms with Crippen molar-refractivity contribution in [3.05, 3.63) is 17.2 Å². The molecule has 3 rings (SSSR count). The number of halogens is 1. The van der Waals surface area contributed by atoms with Gasteiger partial charge in [0.05, 0.1) is 18.5 Å². The molecule has 6 atom stereocenters. The fourth-order valence-corrected chi connectivity index (χ4v) is 6.12. The zero-order chi connectivity index (χ0) is 25.7. The van der Waals surface area contributed by atoms with Crippen molar-refractivity contribution in [1.29, 1.82) is 0 Å². The van der Waals surface area contributed by atoms with Gasteiger partial charge in [0.1, 0.15) is 18.3 Å². The molecule has 22 heteroatoms. The van der Waals surface area contributed by atoms with Gasteiger partial charge in [-0.2, -0.15) is 13.6 Å². The lowest BCUT2D eigenvalue weighted by atomic mass is 9.90. The Morgan fingerprint density at radius 1 is 1.26 bits per heavy atom. The number of phosphoric acid groups is 3. The molecular formula is C12H15ClN5O13P3. The van der Waals surface area contributed by atoms with Gasteiger partial charge in [0.2, 0.25) is 5.28 Å². The van der Waals surface area contributed by atoms with Gasteiger partial charge in [-0.15, -0.1) is 11.5 Å². The minimum Gasteiger partial charge on any atom is -0.386 e. The number of anilines is 1. The second-order valence-corrected chi connectivity index (χ2v) is 11.3. The average Bonchev–Trinajstić information content (AvgIpc) is 3.17. The summed E-state index contributed by atoms with van der Waals surface area (Å²) < 4.78 is 52.1. The van der Waals surface area contributed by atoms with E-state index in [1.807, 2.05) is 5.92 Å². The number of ether oxygens (including phenoxy) is 1. The molecule has 0 aliphatic carbocycles. The van der Waals surface area contributed by atoms with Crippen LogP contribution >= 0.6 is 35.1 Å². The van der Waals surface area contributed by atoms with Crippen LogP contribution in [0.5, 0.6) is 0 Å². The molecule has 18 nitrogen and oxygen atoms in total. The lowest BCUT2D eigenvalue weighted by molar-refractivity contribution is -0.0364. The third kappa shape index (κ3) is 5.65. The number of hydrogen-bond donors (Lipinski definition) is 7. The van der Waals surface area contributed by atoms with Crippen molar-refractivity contribution in [3.8, 4) is 12.3 Å². The summed E-state index contributed by atoms with van der Waals surface area (Å²) in [5.41, 5.74) is 3.15. The van der Waals surface area contributed by atoms with Crippen LogP contribution in [0.3, 0.4) is 0 Å². The van der Waals surface area contributed by atoms with E-state index in [9.17, 15) is 33.7 Å². The highest BCUT2D eigenvalue weighted by atomic mass is 35.5. The Labute approximate surface area is 193 Å². The highest BCUT2D eigenvalue weighted by Crippen LogP contribution is 2.66. The molecule has 0 bridgehead atoms. The zero-order valence-electron chi connectivity index (χ0n) is 16.2. The van der Waals surface area contributed by atoms with Crippen molar-refractivity contribution in [2.24, 2.45) is 0 Å². The van der Waals surface area contributed by atoms with Gasteiger partial charge in [-0.1, -0.05) is 5.92 Å². The van der Waals surface area contributed by atoms with Crippen LogP contribution in [0.15, 0.2) is 6.20 Å². The number of terminal acetylenes is 1. The Balaban J connectivity index is 1.82. The molecule has 2 aromatic heterocycles. The second-order valence-electron chi connectivity index (χ2n) is 6.54. The van der Waals surface area contributed by atoms with E-state index in [-0.39, 0.29) is 22.4 Å². The molecule has 0 aromatic carbocycles. The predicted molar refractivity (Wildman–Crippen MR) is 107 cm³/mol. The first-order valence-electron chi connectivity index (χ1n) is 8.46. The maximum absolute atomic E-state index is 11.9. The molecule has 188 valence electrons. The monoisotopic (exact) mass is 565 g/mol. The van der Waals surface area contributed by atoms with Crippen molar-refractivity contribution in [2.45, 2.75) is 23.9 Å². The van der Waals surface area contributed by atoms with Gasteiger partial charge in [-0.25, -0.2) is 23.2 Å². The third-order valence-electron chi connectivity index (χ3n) is 4.22. The molecule has 0 radical (unpaired) electrons. The maximum atomic E-state index is 11.9. The molecule has 34 heavy (non-hydrogen) atoms. The number of aromatic nitrogens is 4. The van der Waals surface area contributed by atoms with Crippen molar-refractivity contribution in [3.63, 3.8) is 0 Å². The van der Waals surface area contributed by atoms with Crippen LogP contribution in [-0.4, -0.2) is 73.8 Å². The number of aliphatic hydroxyl groups is 2. The number of phosphoric ester groups is 1. The van der Waals surface area contributed by atoms with Crippen molar-refractivity contribution >= 4 is 46.5 Å². The van der Waals surface area contributed by atoms with Crippen molar-refractivity contribution in [1.82, 2.24) is 19.6 Å². The van der Waals surface area contributed by atoms with Crippen LogP contribution in [0.4, 0.5) is 5.82 Å². The fourth-order valence-electron chi connectivity index (χ4n) is 2.92. The standard InChI is InChI=1S/C12H15ClN5O13P3/c1-2-12(20)7(19)6(4-28-33(24,25)31-34(26,27)30-32(21,22)23)29-8(12)5-3-15-10-9(14)16-11(13)17-18(5)10/h1,3,6-8,19-20H,4H2,(H,24,25)(H,26,27)(H2,14,16,17)(H2,21,22,23)/t6-,7-,8+,12-/m1/s1. The molecule has 0 spiro atoms. The molecule has 0 amide bonds. The van der Waals surface area contributed by atoms with Crippen LogP contribution in [0.1, 0.15) is 11.8 Å². The number of aliphatic hydroxyl groups excluding tert-OH is 1. The topological polar surface area (TPSA) is 279 Å². The Bertz CT molecular complexity index is 1290. The highest BCUT2D eigenvalue weighted by molar-refractivity contribution is 7.66. The summed E-state index contributed by atoms with van der Waals surface area (Å²) in [5.74, 6) is 1.80. The van der Waals surface area contributed by atoms with E-state index in [4.69, 9.17) is 38.3 Å². The SMILES string of the molecule is C#C[C@@]1(O)[C@H](O)[C@@H](COP(=O)(O)OP(=O)(O)OP(=O)(O)O)O[C@H]1c1cnc2c(N)nc(Cl)nn12. The Kier molecular flexibility index (Phi) is 7.31. The van der Waals surface area contributed by atoms with E-state index in [0.29, 0.717) is 0 Å². The number of imidazole rings is 1. The number of nitrogen functional groups attached to an aromatic ring is 1. The fraction of sp³-hybridized carbons (Fsp3) is 0.417. The summed E-state index contributed by atoms with van der Waals surface area (Å²) in [6, 6.07) is 0. The summed E-state index contributed by atoms with van der Waals surface area (Å²) in [7, 11) is -16.9. The predicted octanol–water partition coefficient (Wildman–Crippen LogP) is -1.13. The lowest BCUT2D eigenvalue weighted by Gasteiger charge is -2.25. The van der Waals surface area contributed by atoms with Gasteiger partial charge in [-0.3, -0.25) is 4.52 Å². The molecule has 1 saturated heterocycles. The summed E-state index contributed by atoms with van der Waals surface area (Å²) in [6.45, 7) is -1.08. The minimum atomic E-state index is -5.77. The van der Waals surface area contributed by atoms with Gasteiger partial charge in [0.15, 0.2) is 17.1 Å². The first-order chi connectivity index (χ1) is 15.5. The minimum absolute atomic E-state index is 0.00595. The van der Waals surface area contributed by atoms with Gasteiger partial charge in [0.25, 0.3) is 0 Å². The third-order valence-corrected chi connectivity index (χ3v) is 8.18. The number of hydrogen-bond acceptors (Lipinski definition) is 13. The Morgan fingerprint density at radius 3 is 2.50 bits per heavy atom. The highest BCUT2D eigenvalue weighted by Gasteiger charge is 2.57. The summed E-state index contributed by atoms with van der Waals surface area (Å²) in [4.78, 5) is 43.5. The molecular weight excluding hydrogens is 551 g/mol. The normalized spacial score (nSPS) is 28.9. The quantitative estimate of drug-likeness (QED) is 0.147. The molecule has 8 N–H and O–H groups in total. The van der Waals surface area contributed by atoms with Crippen LogP contribution < -0.4 is 5.73 Å². The number of nitrogens with two attached hydrogens (primary N) is 1. The lowest BCUT2D eigenvalue weighted by Crippen LogP contribution is -2.44. The number of fused-ring (bicyclic) bond motifs is 1. The van der Waals surface area contributed by atoms with Gasteiger partial charge >= 0.3 is 23.5 Å². The molecule has 3 heterocycles. The summed E-state index contributed by atoms with van der Waals surface area (Å²) >= 11 is 5.78. The molecule has 2 aromatic rings. The van der Waals surface area contributed by atoms with Crippen LogP contribution in [0.25, 0.3) is 5.65 Å². The van der Waals surface area contributed by atoms with E-state index in [1.165, 1.54) is 0 Å². The van der Waals surface area contributed by atoms with E-state index < -0.39 is 54.0 Å². The smallest absolute Gasteiger partial charge is 0.386 e. The average molecular weight is 566 g/mol. The van der Waals surface area contributed by atoms with E-state index in [1.54, 1.807) is 0 Å². The molecule has 1 aliphatic heterocycles. The van der Waals surface area contributed by atoms with Gasteiger partial charge in [-0.05, 0) is 11.6 Å². The summed E-state index contributed by atoms with van der Waals surface area (Å²) in [5, 5.41) is 24.9. The van der Waals surface area contributed by atoms with Gasteiger partial charge in [0, 0.05) is 0 Å². The molecule has 1 aliphatic rings. The van der Waals surface area contributed by atoms with Crippen LogP contribution in [0, 0.1) is 12.3 Å².